The van der Waals surface area contributed by atoms with Gasteiger partial charge < -0.3 is 37.8 Å². The third kappa shape index (κ3) is 9.64. The Morgan fingerprint density at radius 2 is 1.74 bits per heavy atom. The first-order chi connectivity index (χ1) is 16.0. The summed E-state index contributed by atoms with van der Waals surface area (Å²) >= 11 is 0. The molecule has 9 N–H and O–H groups in total. The molecule has 12 nitrogen and oxygen atoms in total. The Morgan fingerprint density at radius 3 is 2.29 bits per heavy atom. The second kappa shape index (κ2) is 14.5. The Kier molecular flexibility index (Phi) is 12.5. The Hall–Kier alpha value is -2.73. The van der Waals surface area contributed by atoms with E-state index in [-0.39, 0.29) is 31.1 Å². The lowest BCUT2D eigenvalue weighted by Crippen LogP contribution is -2.56. The van der Waals surface area contributed by atoms with Gasteiger partial charge in [0.25, 0.3) is 0 Å². The lowest BCUT2D eigenvalue weighted by molar-refractivity contribution is -0.143. The molecule has 4 amide bonds. The fourth-order valence-corrected chi connectivity index (χ4v) is 3.94. The molecule has 34 heavy (non-hydrogen) atoms. The molecule has 1 heterocycles. The van der Waals surface area contributed by atoms with Gasteiger partial charge in [-0.25, -0.2) is 4.79 Å². The summed E-state index contributed by atoms with van der Waals surface area (Å²) in [6.07, 6.45) is 2.83. The van der Waals surface area contributed by atoms with E-state index in [0.29, 0.717) is 38.8 Å². The number of aliphatic carboxylic acids is 1. The highest BCUT2D eigenvalue weighted by Crippen LogP contribution is 2.20. The molecule has 1 fully saturated rings. The molecule has 0 radical (unpaired) electrons. The van der Waals surface area contributed by atoms with Crippen LogP contribution in [0.1, 0.15) is 65.2 Å². The fraction of sp³-hybridized carbons (Fsp3) is 0.773. The second-order valence-electron chi connectivity index (χ2n) is 9.18. The zero-order valence-electron chi connectivity index (χ0n) is 20.1. The summed E-state index contributed by atoms with van der Waals surface area (Å²) in [7, 11) is 0. The van der Waals surface area contributed by atoms with E-state index in [1.165, 1.54) is 4.90 Å². The van der Waals surface area contributed by atoms with Crippen LogP contribution in [0.4, 0.5) is 0 Å². The number of nitrogens with two attached hydrogens (primary N) is 3. The number of carboxylic acids is 1. The molecule has 0 saturated carbocycles. The van der Waals surface area contributed by atoms with E-state index in [1.54, 1.807) is 0 Å². The Balaban J connectivity index is 2.90. The van der Waals surface area contributed by atoms with Crippen LogP contribution in [-0.2, 0) is 24.0 Å². The number of carbonyl (C=O) groups excluding carboxylic acids is 4. The summed E-state index contributed by atoms with van der Waals surface area (Å²) in [5, 5.41) is 14.4. The van der Waals surface area contributed by atoms with E-state index >= 15 is 0 Å². The van der Waals surface area contributed by atoms with Crippen LogP contribution in [0.25, 0.3) is 0 Å². The Labute approximate surface area is 200 Å². The third-order valence-electron chi connectivity index (χ3n) is 5.76. The largest absolute Gasteiger partial charge is 0.480 e. The Bertz CT molecular complexity index is 731. The molecule has 4 unspecified atom stereocenters. The van der Waals surface area contributed by atoms with Crippen LogP contribution in [0.2, 0.25) is 0 Å². The summed E-state index contributed by atoms with van der Waals surface area (Å²) < 4.78 is 0. The molecule has 12 heteroatoms. The molecule has 1 saturated heterocycles. The van der Waals surface area contributed by atoms with Gasteiger partial charge in [-0.15, -0.1) is 0 Å². The number of carbonyl (C=O) groups is 5. The molecule has 1 aliphatic rings. The zero-order chi connectivity index (χ0) is 25.8. The van der Waals surface area contributed by atoms with Gasteiger partial charge in [0.15, 0.2) is 0 Å². The number of primary amides is 1. The summed E-state index contributed by atoms with van der Waals surface area (Å²) in [4.78, 5) is 62.9. The van der Waals surface area contributed by atoms with Gasteiger partial charge in [-0.05, 0) is 51.0 Å². The number of carboxylic acid groups (broad SMARTS) is 1. The number of nitrogens with zero attached hydrogens (tertiary/aromatic N) is 1. The summed E-state index contributed by atoms with van der Waals surface area (Å²) in [6.45, 7) is 4.52. The maximum absolute atomic E-state index is 13.0. The van der Waals surface area contributed by atoms with Crippen molar-refractivity contribution in [2.75, 3.05) is 13.1 Å². The maximum atomic E-state index is 13.0. The van der Waals surface area contributed by atoms with Crippen LogP contribution in [0.3, 0.4) is 0 Å². The van der Waals surface area contributed by atoms with Crippen molar-refractivity contribution in [3.63, 3.8) is 0 Å². The molecule has 0 bridgehead atoms. The predicted octanol–water partition coefficient (Wildman–Crippen LogP) is -1.20. The number of hydrogen-bond donors (Lipinski definition) is 6. The van der Waals surface area contributed by atoms with Gasteiger partial charge in [0.05, 0.1) is 6.04 Å². The summed E-state index contributed by atoms with van der Waals surface area (Å²) in [6, 6.07) is -3.87. The lowest BCUT2D eigenvalue weighted by atomic mass is 10.0. The minimum Gasteiger partial charge on any atom is -0.480 e. The van der Waals surface area contributed by atoms with Gasteiger partial charge in [-0.2, -0.15) is 0 Å². The first-order valence-corrected chi connectivity index (χ1v) is 11.9. The number of nitrogens with one attached hydrogen (secondary N) is 2. The van der Waals surface area contributed by atoms with Crippen molar-refractivity contribution in [3.8, 4) is 0 Å². The number of rotatable bonds is 15. The van der Waals surface area contributed by atoms with E-state index in [2.05, 4.69) is 10.6 Å². The molecule has 1 aliphatic heterocycles. The highest BCUT2D eigenvalue weighted by atomic mass is 16.4. The second-order valence-corrected chi connectivity index (χ2v) is 9.18. The fourth-order valence-electron chi connectivity index (χ4n) is 3.94. The van der Waals surface area contributed by atoms with Gasteiger partial charge in [0.1, 0.15) is 18.1 Å². The average molecular weight is 485 g/mol. The van der Waals surface area contributed by atoms with Gasteiger partial charge in [-0.1, -0.05) is 20.3 Å². The maximum Gasteiger partial charge on any atom is 0.326 e. The monoisotopic (exact) mass is 484 g/mol. The van der Waals surface area contributed by atoms with Crippen molar-refractivity contribution < 1.29 is 29.1 Å². The smallest absolute Gasteiger partial charge is 0.326 e. The van der Waals surface area contributed by atoms with Gasteiger partial charge in [-0.3, -0.25) is 19.2 Å². The molecule has 0 aromatic carbocycles. The van der Waals surface area contributed by atoms with Crippen molar-refractivity contribution in [2.45, 2.75) is 89.4 Å². The predicted molar refractivity (Wildman–Crippen MR) is 125 cm³/mol. The molecule has 0 aromatic rings. The van der Waals surface area contributed by atoms with Crippen molar-refractivity contribution in [1.82, 2.24) is 15.5 Å². The van der Waals surface area contributed by atoms with Gasteiger partial charge >= 0.3 is 5.97 Å². The number of hydrogen-bond acceptors (Lipinski definition) is 7. The highest BCUT2D eigenvalue weighted by Gasteiger charge is 2.37. The van der Waals surface area contributed by atoms with E-state index in [0.717, 1.165) is 6.42 Å². The number of likely N-dealkylation sites (tertiary alicyclic amines) is 1. The normalized spacial score (nSPS) is 18.3. The lowest BCUT2D eigenvalue weighted by Gasteiger charge is -2.28. The zero-order valence-corrected chi connectivity index (χ0v) is 20.1. The van der Waals surface area contributed by atoms with Crippen LogP contribution in [0, 0.1) is 5.92 Å². The first-order valence-electron chi connectivity index (χ1n) is 11.9. The van der Waals surface area contributed by atoms with Crippen molar-refractivity contribution >= 4 is 29.6 Å². The number of unbranched alkanes of at least 4 members (excludes halogenated alkanes) is 1. The highest BCUT2D eigenvalue weighted by molar-refractivity contribution is 5.94. The van der Waals surface area contributed by atoms with Crippen LogP contribution >= 0.6 is 0 Å². The number of amides is 4. The average Bonchev–Trinajstić information content (AvgIpc) is 3.24. The molecule has 1 rings (SSSR count). The van der Waals surface area contributed by atoms with Crippen LogP contribution < -0.4 is 27.8 Å². The molecular weight excluding hydrogens is 444 g/mol. The summed E-state index contributed by atoms with van der Waals surface area (Å²) in [5.74, 6) is -3.47. The molecule has 194 valence electrons. The van der Waals surface area contributed by atoms with Gasteiger partial charge in [0.2, 0.25) is 23.6 Å². The van der Waals surface area contributed by atoms with Crippen molar-refractivity contribution in [1.29, 1.82) is 0 Å². The van der Waals surface area contributed by atoms with Crippen LogP contribution in [0.15, 0.2) is 0 Å². The van der Waals surface area contributed by atoms with E-state index in [9.17, 15) is 29.1 Å². The molecule has 0 aromatic heterocycles. The van der Waals surface area contributed by atoms with E-state index < -0.39 is 47.9 Å². The standard InChI is InChI=1S/C22H40N6O6/c1-13(2)12-16(22(33)34)27-19(30)15(8-9-18(25)29)26-20(31)17-7-5-11-28(17)21(32)14(24)6-3-4-10-23/h13-17H,3-12,23-24H2,1-2H3,(H2,25,29)(H,26,31)(H,27,30)(H,33,34). The summed E-state index contributed by atoms with van der Waals surface area (Å²) in [5.41, 5.74) is 16.7. The molecule has 4 atom stereocenters. The molecular formula is C22H40N6O6. The topological polar surface area (TPSA) is 211 Å². The minimum absolute atomic E-state index is 0.00665. The quantitative estimate of drug-likeness (QED) is 0.155. The third-order valence-corrected chi connectivity index (χ3v) is 5.76. The van der Waals surface area contributed by atoms with Crippen molar-refractivity contribution in [2.24, 2.45) is 23.1 Å². The molecule has 0 spiro atoms. The minimum atomic E-state index is -1.20. The van der Waals surface area contributed by atoms with Crippen molar-refractivity contribution in [3.05, 3.63) is 0 Å². The van der Waals surface area contributed by atoms with E-state index in [4.69, 9.17) is 17.2 Å². The SMILES string of the molecule is CC(C)CC(NC(=O)C(CCC(N)=O)NC(=O)C1CCCN1C(=O)C(N)CCCCN)C(=O)O. The van der Waals surface area contributed by atoms with E-state index in [1.807, 2.05) is 13.8 Å². The molecule has 0 aliphatic carbocycles. The van der Waals surface area contributed by atoms with Crippen LogP contribution in [-0.4, -0.2) is 76.9 Å². The Morgan fingerprint density at radius 1 is 1.06 bits per heavy atom. The van der Waals surface area contributed by atoms with Crippen LogP contribution in [0.5, 0.6) is 0 Å². The first kappa shape index (κ1) is 29.3. The van der Waals surface area contributed by atoms with Gasteiger partial charge in [0, 0.05) is 13.0 Å².